The lowest BCUT2D eigenvalue weighted by atomic mass is 10.3. The number of fused-ring (bicyclic) bond motifs is 1. The van der Waals surface area contributed by atoms with E-state index in [0.29, 0.717) is 0 Å². The molecule has 0 bridgehead atoms. The van der Waals surface area contributed by atoms with Crippen LogP contribution in [0.4, 0.5) is 0 Å². The van der Waals surface area contributed by atoms with Crippen molar-refractivity contribution in [3.63, 3.8) is 0 Å². The van der Waals surface area contributed by atoms with Crippen molar-refractivity contribution in [2.45, 2.75) is 10.5 Å². The van der Waals surface area contributed by atoms with E-state index in [1.165, 1.54) is 4.90 Å². The number of carbonyl (C=O) groups is 2. The van der Waals surface area contributed by atoms with Gasteiger partial charge < -0.3 is 0 Å². The largest absolute Gasteiger partial charge is 0.284 e. The Labute approximate surface area is 79.2 Å². The van der Waals surface area contributed by atoms with E-state index in [1.807, 2.05) is 0 Å². The number of nitrogens with zero attached hydrogens (tertiary/aromatic N) is 1. The van der Waals surface area contributed by atoms with Crippen molar-refractivity contribution < 1.29 is 9.59 Å². The van der Waals surface area contributed by atoms with Gasteiger partial charge in [0.2, 0.25) is 11.8 Å². The summed E-state index contributed by atoms with van der Waals surface area (Å²) in [7, 11) is 1.57. The number of likely N-dealkylation sites (tertiary alicyclic amines) is 1. The van der Waals surface area contributed by atoms with Crippen LogP contribution in [0.2, 0.25) is 0 Å². The maximum absolute atomic E-state index is 11.4. The maximum atomic E-state index is 11.4. The molecule has 2 atom stereocenters. The Morgan fingerprint density at radius 3 is 2.00 bits per heavy atom. The molecule has 2 rings (SSSR count). The first-order valence-electron chi connectivity index (χ1n) is 3.76. The van der Waals surface area contributed by atoms with E-state index in [2.05, 4.69) is 0 Å². The quantitative estimate of drug-likeness (QED) is 0.527. The van der Waals surface area contributed by atoms with Crippen molar-refractivity contribution in [2.24, 2.45) is 0 Å². The lowest BCUT2D eigenvalue weighted by Gasteiger charge is -2.19. The van der Waals surface area contributed by atoms with Gasteiger partial charge in [0.1, 0.15) is 10.5 Å². The molecule has 0 aliphatic carbocycles. The van der Waals surface area contributed by atoms with Crippen LogP contribution in [0.5, 0.6) is 0 Å². The van der Waals surface area contributed by atoms with Crippen LogP contribution >= 0.6 is 23.5 Å². The van der Waals surface area contributed by atoms with E-state index < -0.39 is 0 Å². The fourth-order valence-corrected chi connectivity index (χ4v) is 4.35. The first kappa shape index (κ1) is 8.44. The van der Waals surface area contributed by atoms with E-state index in [0.717, 1.165) is 11.5 Å². The minimum atomic E-state index is -0.0961. The second-order valence-corrected chi connectivity index (χ2v) is 5.32. The second kappa shape index (κ2) is 2.96. The Kier molecular flexibility index (Phi) is 2.08. The molecule has 2 unspecified atom stereocenters. The van der Waals surface area contributed by atoms with Gasteiger partial charge in [0.25, 0.3) is 0 Å². The van der Waals surface area contributed by atoms with Crippen LogP contribution in [-0.2, 0) is 9.59 Å². The van der Waals surface area contributed by atoms with Crippen LogP contribution in [0.3, 0.4) is 0 Å². The molecule has 2 fully saturated rings. The van der Waals surface area contributed by atoms with Crippen molar-refractivity contribution in [1.29, 1.82) is 0 Å². The summed E-state index contributed by atoms with van der Waals surface area (Å²) in [4.78, 5) is 24.1. The smallest absolute Gasteiger partial charge is 0.243 e. The zero-order valence-electron chi connectivity index (χ0n) is 6.65. The topological polar surface area (TPSA) is 37.4 Å². The average molecular weight is 203 g/mol. The number of hydrogen-bond acceptors (Lipinski definition) is 4. The lowest BCUT2D eigenvalue weighted by Crippen LogP contribution is -2.27. The predicted octanol–water partition coefficient (Wildman–Crippen LogP) is 0.202. The molecule has 12 heavy (non-hydrogen) atoms. The molecule has 0 aromatic rings. The van der Waals surface area contributed by atoms with Gasteiger partial charge in [-0.15, -0.1) is 23.5 Å². The molecule has 5 heteroatoms. The van der Waals surface area contributed by atoms with E-state index in [1.54, 1.807) is 30.6 Å². The van der Waals surface area contributed by atoms with Crippen molar-refractivity contribution in [2.75, 3.05) is 18.6 Å². The van der Waals surface area contributed by atoms with Crippen LogP contribution in [0.1, 0.15) is 0 Å². The van der Waals surface area contributed by atoms with Crippen molar-refractivity contribution >= 4 is 35.3 Å². The summed E-state index contributed by atoms with van der Waals surface area (Å²) < 4.78 is 0. The molecular weight excluding hydrogens is 194 g/mol. The summed E-state index contributed by atoms with van der Waals surface area (Å²) in [5.41, 5.74) is 0. The number of amides is 2. The minimum absolute atomic E-state index is 0.0119. The molecule has 66 valence electrons. The first-order chi connectivity index (χ1) is 5.72. The highest BCUT2D eigenvalue weighted by molar-refractivity contribution is 8.08. The zero-order chi connectivity index (χ0) is 8.72. The number of carbonyl (C=O) groups excluding carboxylic acids is 2. The predicted molar refractivity (Wildman–Crippen MR) is 50.3 cm³/mol. The molecule has 0 N–H and O–H groups in total. The molecule has 3 nitrogen and oxygen atoms in total. The van der Waals surface area contributed by atoms with Gasteiger partial charge in [-0.1, -0.05) is 0 Å². The second-order valence-electron chi connectivity index (χ2n) is 2.82. The fraction of sp³-hybridized carbons (Fsp3) is 0.714. The third kappa shape index (κ3) is 1.07. The van der Waals surface area contributed by atoms with Crippen LogP contribution in [-0.4, -0.2) is 45.8 Å². The van der Waals surface area contributed by atoms with Gasteiger partial charge in [0.15, 0.2) is 0 Å². The Balaban J connectivity index is 2.25. The molecule has 2 aliphatic heterocycles. The van der Waals surface area contributed by atoms with Gasteiger partial charge in [-0.2, -0.15) is 0 Å². The van der Waals surface area contributed by atoms with Crippen LogP contribution < -0.4 is 0 Å². The highest BCUT2D eigenvalue weighted by atomic mass is 32.2. The highest BCUT2D eigenvalue weighted by Gasteiger charge is 2.47. The van der Waals surface area contributed by atoms with E-state index >= 15 is 0 Å². The molecule has 0 saturated carbocycles. The fourth-order valence-electron chi connectivity index (χ4n) is 1.42. The minimum Gasteiger partial charge on any atom is -0.284 e. The number of imide groups is 1. The van der Waals surface area contributed by atoms with E-state index in [4.69, 9.17) is 0 Å². The highest BCUT2D eigenvalue weighted by Crippen LogP contribution is 2.37. The molecule has 0 radical (unpaired) electrons. The van der Waals surface area contributed by atoms with Crippen LogP contribution in [0.25, 0.3) is 0 Å². The van der Waals surface area contributed by atoms with Crippen molar-refractivity contribution in [1.82, 2.24) is 4.90 Å². The molecule has 2 aliphatic rings. The van der Waals surface area contributed by atoms with Gasteiger partial charge in [-0.05, 0) is 0 Å². The normalized spacial score (nSPS) is 35.6. The Morgan fingerprint density at radius 2 is 1.58 bits per heavy atom. The summed E-state index contributed by atoms with van der Waals surface area (Å²) in [6.07, 6.45) is 0. The van der Waals surface area contributed by atoms with Gasteiger partial charge in [0.05, 0.1) is 0 Å². The summed E-state index contributed by atoms with van der Waals surface area (Å²) in [6, 6.07) is 0. The third-order valence-electron chi connectivity index (χ3n) is 2.10. The summed E-state index contributed by atoms with van der Waals surface area (Å²) in [5, 5.41) is -0.192. The van der Waals surface area contributed by atoms with E-state index in [9.17, 15) is 9.59 Å². The molecule has 0 spiro atoms. The van der Waals surface area contributed by atoms with Gasteiger partial charge in [-0.3, -0.25) is 14.5 Å². The average Bonchev–Trinajstić information content (AvgIpc) is 2.33. The van der Waals surface area contributed by atoms with Gasteiger partial charge in [-0.25, -0.2) is 0 Å². The lowest BCUT2D eigenvalue weighted by molar-refractivity contribution is -0.136. The van der Waals surface area contributed by atoms with Gasteiger partial charge >= 0.3 is 0 Å². The first-order valence-corrected chi connectivity index (χ1v) is 5.86. The molecule has 2 saturated heterocycles. The zero-order valence-corrected chi connectivity index (χ0v) is 8.28. The molecule has 2 heterocycles. The summed E-state index contributed by atoms with van der Waals surface area (Å²) >= 11 is 3.23. The SMILES string of the molecule is CN1C(=O)C2SCCSC2C1=O. The van der Waals surface area contributed by atoms with Gasteiger partial charge in [0, 0.05) is 18.6 Å². The Morgan fingerprint density at radius 1 is 1.17 bits per heavy atom. The van der Waals surface area contributed by atoms with Crippen LogP contribution in [0, 0.1) is 0 Å². The molecule has 0 aromatic heterocycles. The number of thioether (sulfide) groups is 2. The third-order valence-corrected chi connectivity index (χ3v) is 5.08. The van der Waals surface area contributed by atoms with Crippen molar-refractivity contribution in [3.8, 4) is 0 Å². The molecule has 2 amide bonds. The number of rotatable bonds is 0. The summed E-state index contributed by atoms with van der Waals surface area (Å²) in [6.45, 7) is 0. The van der Waals surface area contributed by atoms with Crippen molar-refractivity contribution in [3.05, 3.63) is 0 Å². The summed E-state index contributed by atoms with van der Waals surface area (Å²) in [5.74, 6) is 1.95. The maximum Gasteiger partial charge on any atom is 0.243 e. The number of hydrogen-bond donors (Lipinski definition) is 0. The Bertz CT molecular complexity index is 220. The molecular formula is C7H9NO2S2. The Hall–Kier alpha value is -0.160. The monoisotopic (exact) mass is 203 g/mol. The molecule has 0 aromatic carbocycles. The standard InChI is InChI=1S/C7H9NO2S2/c1-8-6(9)4-5(7(8)10)12-3-2-11-4/h4-5H,2-3H2,1H3. The van der Waals surface area contributed by atoms with E-state index in [-0.39, 0.29) is 22.3 Å². The van der Waals surface area contributed by atoms with Crippen LogP contribution in [0.15, 0.2) is 0 Å².